The summed E-state index contributed by atoms with van der Waals surface area (Å²) in [5.74, 6) is 0.951. The molecule has 2 aromatic rings. The molecule has 2 fully saturated rings. The highest BCUT2D eigenvalue weighted by Gasteiger charge is 2.46. The first-order valence-corrected chi connectivity index (χ1v) is 11.9. The first kappa shape index (κ1) is 21.9. The van der Waals surface area contributed by atoms with Gasteiger partial charge in [-0.05, 0) is 74.6 Å². The SMILES string of the molecule is CCOc1ccc(C(=O)N2CCC(NC(=O)C3(c4ccc(Br)cc4)CCC3)CC2)cc1. The summed E-state index contributed by atoms with van der Waals surface area (Å²) in [4.78, 5) is 27.9. The summed E-state index contributed by atoms with van der Waals surface area (Å²) in [6.07, 6.45) is 4.44. The highest BCUT2D eigenvalue weighted by atomic mass is 79.9. The van der Waals surface area contributed by atoms with Crippen LogP contribution in [0, 0.1) is 0 Å². The van der Waals surface area contributed by atoms with Crippen molar-refractivity contribution in [3.05, 3.63) is 64.1 Å². The Kier molecular flexibility index (Phi) is 6.65. The lowest BCUT2D eigenvalue weighted by atomic mass is 9.63. The number of likely N-dealkylation sites (tertiary alicyclic amines) is 1. The number of rotatable bonds is 6. The second kappa shape index (κ2) is 9.43. The van der Waals surface area contributed by atoms with Gasteiger partial charge in [-0.15, -0.1) is 0 Å². The molecule has 5 nitrogen and oxygen atoms in total. The van der Waals surface area contributed by atoms with E-state index in [1.54, 1.807) is 0 Å². The van der Waals surface area contributed by atoms with Crippen LogP contribution in [-0.2, 0) is 10.2 Å². The number of benzene rings is 2. The van der Waals surface area contributed by atoms with E-state index in [0.717, 1.165) is 47.9 Å². The predicted octanol–water partition coefficient (Wildman–Crippen LogP) is 4.69. The Morgan fingerprint density at radius 3 is 2.26 bits per heavy atom. The van der Waals surface area contributed by atoms with E-state index in [0.29, 0.717) is 25.3 Å². The Bertz CT molecular complexity index is 915. The van der Waals surface area contributed by atoms with Crippen LogP contribution < -0.4 is 10.1 Å². The molecule has 1 aliphatic heterocycles. The number of halogens is 1. The minimum absolute atomic E-state index is 0.0400. The van der Waals surface area contributed by atoms with E-state index in [4.69, 9.17) is 4.74 Å². The van der Waals surface area contributed by atoms with Crippen molar-refractivity contribution in [1.29, 1.82) is 0 Å². The van der Waals surface area contributed by atoms with Gasteiger partial charge in [0.05, 0.1) is 12.0 Å². The molecule has 0 bridgehead atoms. The lowest BCUT2D eigenvalue weighted by molar-refractivity contribution is -0.131. The first-order chi connectivity index (χ1) is 15.0. The Morgan fingerprint density at radius 1 is 1.06 bits per heavy atom. The van der Waals surface area contributed by atoms with E-state index in [-0.39, 0.29) is 17.9 Å². The average molecular weight is 485 g/mol. The van der Waals surface area contributed by atoms with Gasteiger partial charge >= 0.3 is 0 Å². The van der Waals surface area contributed by atoms with Crippen molar-refractivity contribution < 1.29 is 14.3 Å². The molecule has 164 valence electrons. The normalized spacial score (nSPS) is 18.2. The van der Waals surface area contributed by atoms with Crippen LogP contribution in [0.15, 0.2) is 53.0 Å². The molecular formula is C25H29BrN2O3. The van der Waals surface area contributed by atoms with Crippen LogP contribution in [0.2, 0.25) is 0 Å². The molecule has 0 aromatic heterocycles. The van der Waals surface area contributed by atoms with Gasteiger partial charge < -0.3 is 15.0 Å². The number of nitrogens with one attached hydrogen (secondary N) is 1. The van der Waals surface area contributed by atoms with E-state index < -0.39 is 5.41 Å². The Hall–Kier alpha value is -2.34. The van der Waals surface area contributed by atoms with Gasteiger partial charge in [-0.3, -0.25) is 9.59 Å². The molecule has 1 heterocycles. The molecule has 1 saturated heterocycles. The van der Waals surface area contributed by atoms with E-state index in [1.165, 1.54) is 0 Å². The van der Waals surface area contributed by atoms with Crippen LogP contribution >= 0.6 is 15.9 Å². The molecule has 6 heteroatoms. The van der Waals surface area contributed by atoms with Crippen molar-refractivity contribution in [2.45, 2.75) is 50.5 Å². The summed E-state index contributed by atoms with van der Waals surface area (Å²) >= 11 is 3.47. The summed E-state index contributed by atoms with van der Waals surface area (Å²) in [5, 5.41) is 3.29. The number of piperidine rings is 1. The van der Waals surface area contributed by atoms with Gasteiger partial charge in [0.25, 0.3) is 5.91 Å². The highest BCUT2D eigenvalue weighted by Crippen LogP contribution is 2.44. The van der Waals surface area contributed by atoms with Crippen molar-refractivity contribution >= 4 is 27.7 Å². The van der Waals surface area contributed by atoms with Crippen molar-refractivity contribution in [2.75, 3.05) is 19.7 Å². The summed E-state index contributed by atoms with van der Waals surface area (Å²) in [6.45, 7) is 3.86. The Balaban J connectivity index is 1.33. The molecule has 2 amide bonds. The third-order valence-corrected chi connectivity index (χ3v) is 7.10. The molecule has 0 unspecified atom stereocenters. The molecular weight excluding hydrogens is 456 g/mol. The molecule has 31 heavy (non-hydrogen) atoms. The largest absolute Gasteiger partial charge is 0.494 e. The second-order valence-electron chi connectivity index (χ2n) is 8.44. The van der Waals surface area contributed by atoms with Gasteiger partial charge in [-0.25, -0.2) is 0 Å². The molecule has 0 atom stereocenters. The minimum atomic E-state index is -0.393. The maximum absolute atomic E-state index is 13.2. The third-order valence-electron chi connectivity index (χ3n) is 6.57. The van der Waals surface area contributed by atoms with E-state index in [2.05, 4.69) is 33.4 Å². The molecule has 0 radical (unpaired) electrons. The zero-order valence-corrected chi connectivity index (χ0v) is 19.5. The monoisotopic (exact) mass is 484 g/mol. The van der Waals surface area contributed by atoms with Crippen LogP contribution in [0.25, 0.3) is 0 Å². The highest BCUT2D eigenvalue weighted by molar-refractivity contribution is 9.10. The van der Waals surface area contributed by atoms with Crippen LogP contribution in [0.1, 0.15) is 54.9 Å². The van der Waals surface area contributed by atoms with Gasteiger partial charge in [0, 0.05) is 29.2 Å². The number of hydrogen-bond donors (Lipinski definition) is 1. The van der Waals surface area contributed by atoms with Gasteiger partial charge in [-0.1, -0.05) is 34.5 Å². The molecule has 1 N–H and O–H groups in total. The topological polar surface area (TPSA) is 58.6 Å². The van der Waals surface area contributed by atoms with Crippen molar-refractivity contribution in [2.24, 2.45) is 0 Å². The van der Waals surface area contributed by atoms with Gasteiger partial charge in [0.2, 0.25) is 5.91 Å². The number of ether oxygens (including phenoxy) is 1. The van der Waals surface area contributed by atoms with Gasteiger partial charge in [0.15, 0.2) is 0 Å². The lowest BCUT2D eigenvalue weighted by Gasteiger charge is -2.42. The molecule has 1 saturated carbocycles. The summed E-state index contributed by atoms with van der Waals surface area (Å²) in [5.41, 5.74) is 1.38. The van der Waals surface area contributed by atoms with Crippen LogP contribution in [0.4, 0.5) is 0 Å². The number of carbonyl (C=O) groups excluding carboxylic acids is 2. The fraction of sp³-hybridized carbons (Fsp3) is 0.440. The summed E-state index contributed by atoms with van der Waals surface area (Å²) in [6, 6.07) is 15.6. The smallest absolute Gasteiger partial charge is 0.253 e. The Labute approximate surface area is 192 Å². The fourth-order valence-corrected chi connectivity index (χ4v) is 4.80. The predicted molar refractivity (Wildman–Crippen MR) is 124 cm³/mol. The lowest BCUT2D eigenvalue weighted by Crippen LogP contribution is -2.54. The Morgan fingerprint density at radius 2 is 1.71 bits per heavy atom. The van der Waals surface area contributed by atoms with Crippen molar-refractivity contribution in [3.63, 3.8) is 0 Å². The maximum atomic E-state index is 13.2. The average Bonchev–Trinajstić information content (AvgIpc) is 2.75. The summed E-state index contributed by atoms with van der Waals surface area (Å²) < 4.78 is 6.47. The van der Waals surface area contributed by atoms with E-state index >= 15 is 0 Å². The number of amides is 2. The van der Waals surface area contributed by atoms with Crippen LogP contribution in [-0.4, -0.2) is 42.5 Å². The van der Waals surface area contributed by atoms with Gasteiger partial charge in [0.1, 0.15) is 5.75 Å². The quantitative estimate of drug-likeness (QED) is 0.646. The number of nitrogens with zero attached hydrogens (tertiary/aromatic N) is 1. The van der Waals surface area contributed by atoms with Gasteiger partial charge in [-0.2, -0.15) is 0 Å². The van der Waals surface area contributed by atoms with Crippen molar-refractivity contribution in [3.8, 4) is 5.75 Å². The third kappa shape index (κ3) is 4.64. The van der Waals surface area contributed by atoms with E-state index in [1.807, 2.05) is 48.2 Å². The summed E-state index contributed by atoms with van der Waals surface area (Å²) in [7, 11) is 0. The zero-order chi connectivity index (χ0) is 21.8. The molecule has 0 spiro atoms. The van der Waals surface area contributed by atoms with Crippen LogP contribution in [0.3, 0.4) is 0 Å². The molecule has 2 aliphatic rings. The fourth-order valence-electron chi connectivity index (χ4n) is 4.54. The standard InChI is InChI=1S/C25H29BrN2O3/c1-2-31-22-10-4-18(5-11-22)23(29)28-16-12-21(13-17-28)27-24(30)25(14-3-15-25)19-6-8-20(26)9-7-19/h4-11,21H,2-3,12-17H2,1H3,(H,27,30). The molecule has 4 rings (SSSR count). The molecule has 1 aliphatic carbocycles. The maximum Gasteiger partial charge on any atom is 0.253 e. The zero-order valence-electron chi connectivity index (χ0n) is 17.9. The van der Waals surface area contributed by atoms with Crippen LogP contribution in [0.5, 0.6) is 5.75 Å². The number of hydrogen-bond acceptors (Lipinski definition) is 3. The molecule has 2 aromatic carbocycles. The number of carbonyl (C=O) groups is 2. The minimum Gasteiger partial charge on any atom is -0.494 e. The van der Waals surface area contributed by atoms with Crippen molar-refractivity contribution in [1.82, 2.24) is 10.2 Å². The first-order valence-electron chi connectivity index (χ1n) is 11.1. The van der Waals surface area contributed by atoms with E-state index in [9.17, 15) is 9.59 Å². The second-order valence-corrected chi connectivity index (χ2v) is 9.36.